The maximum absolute atomic E-state index is 12.3. The van der Waals surface area contributed by atoms with Crippen LogP contribution in [0.4, 0.5) is 9.59 Å². The summed E-state index contributed by atoms with van der Waals surface area (Å²) in [6.07, 6.45) is -0.0985. The number of nitrogens with one attached hydrogen (secondary N) is 4. The van der Waals surface area contributed by atoms with Crippen LogP contribution < -0.4 is 21.3 Å². The zero-order chi connectivity index (χ0) is 20.7. The Kier molecular flexibility index (Phi) is 4.50. The standard InChI is InChI=1S/C18H18N4O6/c1-17(11(23)19-15(27)20-12(17)24)7-9-5-3-4-6-10(9)8-18(2)13(25)21-16(28)22-14(18)26/h3-6H,7-8H2,1-2H3,(H2,19,20,23,24,27)(H2,21,22,25,26,28). The summed E-state index contributed by atoms with van der Waals surface area (Å²) in [6.45, 7) is 2.81. The van der Waals surface area contributed by atoms with Gasteiger partial charge >= 0.3 is 12.1 Å². The minimum Gasteiger partial charge on any atom is -0.277 e. The van der Waals surface area contributed by atoms with E-state index >= 15 is 0 Å². The fourth-order valence-electron chi connectivity index (χ4n) is 3.22. The molecule has 8 amide bonds. The second-order valence-electron chi connectivity index (χ2n) is 7.26. The Hall–Kier alpha value is -3.56. The highest BCUT2D eigenvalue weighted by Crippen LogP contribution is 2.31. The summed E-state index contributed by atoms with van der Waals surface area (Å²) >= 11 is 0. The fraction of sp³-hybridized carbons (Fsp3) is 0.333. The number of carbonyl (C=O) groups excluding carboxylic acids is 6. The highest BCUT2D eigenvalue weighted by molar-refractivity contribution is 6.20. The van der Waals surface area contributed by atoms with Gasteiger partial charge in [-0.05, 0) is 37.8 Å². The molecule has 0 bridgehead atoms. The second-order valence-corrected chi connectivity index (χ2v) is 7.26. The summed E-state index contributed by atoms with van der Waals surface area (Å²) < 4.78 is 0. The van der Waals surface area contributed by atoms with E-state index in [0.29, 0.717) is 11.1 Å². The number of hydrogen-bond acceptors (Lipinski definition) is 6. The molecule has 1 aromatic carbocycles. The zero-order valence-electron chi connectivity index (χ0n) is 15.2. The van der Waals surface area contributed by atoms with Crippen molar-refractivity contribution in [2.75, 3.05) is 0 Å². The molecule has 146 valence electrons. The lowest BCUT2D eigenvalue weighted by Crippen LogP contribution is -2.62. The van der Waals surface area contributed by atoms with E-state index < -0.39 is 46.5 Å². The molecule has 2 fully saturated rings. The van der Waals surface area contributed by atoms with Crippen molar-refractivity contribution >= 4 is 35.7 Å². The van der Waals surface area contributed by atoms with Gasteiger partial charge in [-0.3, -0.25) is 40.4 Å². The molecule has 2 heterocycles. The first kappa shape index (κ1) is 19.2. The first-order chi connectivity index (χ1) is 13.1. The molecule has 2 aliphatic rings. The van der Waals surface area contributed by atoms with E-state index in [-0.39, 0.29) is 12.8 Å². The Bertz CT molecular complexity index is 823. The maximum atomic E-state index is 12.3. The van der Waals surface area contributed by atoms with Crippen molar-refractivity contribution in [1.82, 2.24) is 21.3 Å². The molecule has 0 atom stereocenters. The summed E-state index contributed by atoms with van der Waals surface area (Å²) in [5, 5.41) is 8.29. The normalized spacial score (nSPS) is 20.8. The topological polar surface area (TPSA) is 151 Å². The molecule has 0 aromatic heterocycles. The van der Waals surface area contributed by atoms with Crippen LogP contribution in [0.25, 0.3) is 0 Å². The molecule has 2 saturated heterocycles. The Morgan fingerprint density at radius 2 is 0.893 bits per heavy atom. The van der Waals surface area contributed by atoms with Gasteiger partial charge in [-0.15, -0.1) is 0 Å². The third kappa shape index (κ3) is 3.13. The average Bonchev–Trinajstić information content (AvgIpc) is 2.60. The van der Waals surface area contributed by atoms with E-state index in [1.165, 1.54) is 13.8 Å². The molecule has 10 heteroatoms. The molecule has 1 aromatic rings. The van der Waals surface area contributed by atoms with Gasteiger partial charge in [0, 0.05) is 0 Å². The predicted molar refractivity (Wildman–Crippen MR) is 93.4 cm³/mol. The van der Waals surface area contributed by atoms with Crippen molar-refractivity contribution < 1.29 is 28.8 Å². The van der Waals surface area contributed by atoms with Crippen molar-refractivity contribution in [3.8, 4) is 0 Å². The Balaban J connectivity index is 1.92. The average molecular weight is 386 g/mol. The summed E-state index contributed by atoms with van der Waals surface area (Å²) in [6, 6.07) is 4.97. The molecule has 0 radical (unpaired) electrons. The van der Waals surface area contributed by atoms with Gasteiger partial charge in [0.15, 0.2) is 0 Å². The lowest BCUT2D eigenvalue weighted by Gasteiger charge is -2.33. The molecule has 3 rings (SSSR count). The van der Waals surface area contributed by atoms with Gasteiger partial charge < -0.3 is 0 Å². The van der Waals surface area contributed by atoms with E-state index in [0.717, 1.165) is 0 Å². The van der Waals surface area contributed by atoms with E-state index in [4.69, 9.17) is 0 Å². The van der Waals surface area contributed by atoms with Gasteiger partial charge in [0.2, 0.25) is 23.6 Å². The van der Waals surface area contributed by atoms with E-state index in [1.807, 2.05) is 0 Å². The number of barbiturate groups is 2. The molecule has 0 unspecified atom stereocenters. The van der Waals surface area contributed by atoms with Crippen LogP contribution in [0.3, 0.4) is 0 Å². The number of rotatable bonds is 4. The summed E-state index contributed by atoms with van der Waals surface area (Å²) in [4.78, 5) is 71.8. The highest BCUT2D eigenvalue weighted by atomic mass is 16.2. The van der Waals surface area contributed by atoms with E-state index in [9.17, 15) is 28.8 Å². The van der Waals surface area contributed by atoms with Crippen LogP contribution in [-0.2, 0) is 32.0 Å². The molecule has 2 aliphatic heterocycles. The van der Waals surface area contributed by atoms with E-state index in [2.05, 4.69) is 21.3 Å². The van der Waals surface area contributed by atoms with Gasteiger partial charge in [0.05, 0.1) is 0 Å². The number of amides is 8. The molecule has 28 heavy (non-hydrogen) atoms. The summed E-state index contributed by atoms with van der Waals surface area (Å²) in [5.41, 5.74) is -1.97. The van der Waals surface area contributed by atoms with Crippen LogP contribution in [0.1, 0.15) is 25.0 Å². The summed E-state index contributed by atoms with van der Waals surface area (Å²) in [5.74, 6) is -2.94. The highest BCUT2D eigenvalue weighted by Gasteiger charge is 2.48. The number of carbonyl (C=O) groups is 6. The summed E-state index contributed by atoms with van der Waals surface area (Å²) in [7, 11) is 0. The monoisotopic (exact) mass is 386 g/mol. The van der Waals surface area contributed by atoms with Gasteiger partial charge in [0.1, 0.15) is 10.8 Å². The Morgan fingerprint density at radius 1 is 0.607 bits per heavy atom. The predicted octanol–water partition coefficient (Wildman–Crippen LogP) is -0.484. The zero-order valence-corrected chi connectivity index (χ0v) is 15.2. The number of imide groups is 4. The molecule has 0 aliphatic carbocycles. The van der Waals surface area contributed by atoms with Crippen LogP contribution in [-0.4, -0.2) is 35.7 Å². The third-order valence-electron chi connectivity index (χ3n) is 5.12. The minimum atomic E-state index is -1.54. The smallest absolute Gasteiger partial charge is 0.277 e. The Morgan fingerprint density at radius 3 is 1.18 bits per heavy atom. The third-order valence-corrected chi connectivity index (χ3v) is 5.12. The van der Waals surface area contributed by atoms with Crippen LogP contribution in [0.5, 0.6) is 0 Å². The van der Waals surface area contributed by atoms with Crippen molar-refractivity contribution in [1.29, 1.82) is 0 Å². The van der Waals surface area contributed by atoms with Gasteiger partial charge in [0.25, 0.3) is 0 Å². The largest absolute Gasteiger partial charge is 0.328 e. The second kappa shape index (κ2) is 6.55. The van der Waals surface area contributed by atoms with Gasteiger partial charge in [-0.25, -0.2) is 9.59 Å². The van der Waals surface area contributed by atoms with Crippen molar-refractivity contribution in [3.05, 3.63) is 35.4 Å². The molecular formula is C18H18N4O6. The van der Waals surface area contributed by atoms with Gasteiger partial charge in [-0.2, -0.15) is 0 Å². The number of hydrogen-bond donors (Lipinski definition) is 4. The molecule has 4 N–H and O–H groups in total. The van der Waals surface area contributed by atoms with Crippen LogP contribution in [0.15, 0.2) is 24.3 Å². The van der Waals surface area contributed by atoms with E-state index in [1.54, 1.807) is 24.3 Å². The van der Waals surface area contributed by atoms with Crippen molar-refractivity contribution in [3.63, 3.8) is 0 Å². The number of benzene rings is 1. The molecule has 10 nitrogen and oxygen atoms in total. The molecule has 0 spiro atoms. The Labute approximate surface area is 159 Å². The fourth-order valence-corrected chi connectivity index (χ4v) is 3.22. The van der Waals surface area contributed by atoms with Crippen LogP contribution in [0, 0.1) is 10.8 Å². The molecular weight excluding hydrogens is 368 g/mol. The van der Waals surface area contributed by atoms with Gasteiger partial charge in [-0.1, -0.05) is 24.3 Å². The first-order valence-electron chi connectivity index (χ1n) is 8.47. The van der Waals surface area contributed by atoms with Crippen molar-refractivity contribution in [2.45, 2.75) is 26.7 Å². The molecule has 0 saturated carbocycles. The first-order valence-corrected chi connectivity index (χ1v) is 8.47. The maximum Gasteiger partial charge on any atom is 0.328 e. The van der Waals surface area contributed by atoms with Crippen molar-refractivity contribution in [2.24, 2.45) is 10.8 Å². The van der Waals surface area contributed by atoms with Crippen LogP contribution >= 0.6 is 0 Å². The SMILES string of the molecule is CC1(Cc2ccccc2CC2(C)C(=O)NC(=O)NC2=O)C(=O)NC(=O)NC1=O. The number of urea groups is 2. The lowest BCUT2D eigenvalue weighted by atomic mass is 9.75. The lowest BCUT2D eigenvalue weighted by molar-refractivity contribution is -0.145. The minimum absolute atomic E-state index is 0.0492. The van der Waals surface area contributed by atoms with Crippen LogP contribution in [0.2, 0.25) is 0 Å². The quantitative estimate of drug-likeness (QED) is 0.513.